The molecular weight excluding hydrogens is 218 g/mol. The summed E-state index contributed by atoms with van der Waals surface area (Å²) in [6, 6.07) is 11.5. The summed E-state index contributed by atoms with van der Waals surface area (Å²) < 4.78 is 0. The molecule has 0 aromatic heterocycles. The maximum absolute atomic E-state index is 9.82. The van der Waals surface area contributed by atoms with Gasteiger partial charge in [-0.2, -0.15) is 5.26 Å². The molecule has 0 saturated heterocycles. The summed E-state index contributed by atoms with van der Waals surface area (Å²) >= 11 is 0. The molecule has 2 aromatic carbocycles. The summed E-state index contributed by atoms with van der Waals surface area (Å²) in [6.45, 7) is 0. The first-order chi connectivity index (χ1) is 8.15. The lowest BCUT2D eigenvalue weighted by molar-refractivity contribution is 0.0537. The van der Waals surface area contributed by atoms with Gasteiger partial charge in [-0.15, -0.1) is 0 Å². The van der Waals surface area contributed by atoms with Crippen LogP contribution in [0.1, 0.15) is 11.7 Å². The van der Waals surface area contributed by atoms with E-state index in [1.54, 1.807) is 30.3 Å². The number of aromatic hydroxyl groups is 1. The standard InChI is InChI=1S/C13H11NO3/c14-7-12(16)13(17)10-5-6-11(15)9-4-2-1-3-8(9)10/h1-6,12-13,15-17H. The maximum Gasteiger partial charge on any atom is 0.170 e. The number of aliphatic hydroxyl groups is 2. The summed E-state index contributed by atoms with van der Waals surface area (Å²) in [6.07, 6.45) is -2.77. The number of nitriles is 1. The van der Waals surface area contributed by atoms with Crippen LogP contribution in [0.15, 0.2) is 36.4 Å². The summed E-state index contributed by atoms with van der Waals surface area (Å²) in [7, 11) is 0. The highest BCUT2D eigenvalue weighted by Crippen LogP contribution is 2.31. The normalized spacial score (nSPS) is 14.2. The Morgan fingerprint density at radius 2 is 1.65 bits per heavy atom. The fourth-order valence-corrected chi connectivity index (χ4v) is 1.81. The van der Waals surface area contributed by atoms with E-state index in [1.165, 1.54) is 12.1 Å². The molecule has 86 valence electrons. The highest BCUT2D eigenvalue weighted by Gasteiger charge is 2.20. The van der Waals surface area contributed by atoms with Gasteiger partial charge in [-0.05, 0) is 17.0 Å². The van der Waals surface area contributed by atoms with E-state index in [9.17, 15) is 15.3 Å². The zero-order valence-electron chi connectivity index (χ0n) is 8.91. The Balaban J connectivity index is 2.64. The number of nitrogens with zero attached hydrogens (tertiary/aromatic N) is 1. The molecule has 0 aliphatic carbocycles. The van der Waals surface area contributed by atoms with Gasteiger partial charge in [-0.1, -0.05) is 30.3 Å². The molecule has 0 heterocycles. The van der Waals surface area contributed by atoms with Crippen molar-refractivity contribution in [2.75, 3.05) is 0 Å². The van der Waals surface area contributed by atoms with Crippen molar-refractivity contribution in [3.63, 3.8) is 0 Å². The first-order valence-corrected chi connectivity index (χ1v) is 5.11. The second-order valence-electron chi connectivity index (χ2n) is 3.74. The summed E-state index contributed by atoms with van der Waals surface area (Å²) in [5.74, 6) is 0.1000. The second-order valence-corrected chi connectivity index (χ2v) is 3.74. The molecular formula is C13H11NO3. The second kappa shape index (κ2) is 4.42. The van der Waals surface area contributed by atoms with Crippen LogP contribution in [0.25, 0.3) is 10.8 Å². The van der Waals surface area contributed by atoms with Gasteiger partial charge < -0.3 is 15.3 Å². The fraction of sp³-hybridized carbons (Fsp3) is 0.154. The van der Waals surface area contributed by atoms with Crippen molar-refractivity contribution in [2.45, 2.75) is 12.2 Å². The molecule has 0 saturated carbocycles. The summed E-state index contributed by atoms with van der Waals surface area (Å²) in [5.41, 5.74) is 0.424. The van der Waals surface area contributed by atoms with Crippen LogP contribution in [0.2, 0.25) is 0 Å². The molecule has 17 heavy (non-hydrogen) atoms. The molecule has 2 rings (SSSR count). The number of phenols is 1. The van der Waals surface area contributed by atoms with Crippen LogP contribution >= 0.6 is 0 Å². The number of hydrogen-bond donors (Lipinski definition) is 3. The maximum atomic E-state index is 9.82. The minimum Gasteiger partial charge on any atom is -0.507 e. The van der Waals surface area contributed by atoms with Crippen molar-refractivity contribution in [1.82, 2.24) is 0 Å². The predicted molar refractivity (Wildman–Crippen MR) is 62.2 cm³/mol. The lowest BCUT2D eigenvalue weighted by atomic mass is 9.97. The molecule has 0 fully saturated rings. The summed E-state index contributed by atoms with van der Waals surface area (Å²) in [4.78, 5) is 0. The third kappa shape index (κ3) is 1.94. The number of rotatable bonds is 2. The van der Waals surface area contributed by atoms with Crippen LogP contribution in [0.4, 0.5) is 0 Å². The van der Waals surface area contributed by atoms with E-state index in [4.69, 9.17) is 5.26 Å². The number of phenolic OH excluding ortho intramolecular Hbond substituents is 1. The van der Waals surface area contributed by atoms with Crippen LogP contribution in [-0.4, -0.2) is 21.4 Å². The minimum absolute atomic E-state index is 0.1000. The molecule has 2 aromatic rings. The van der Waals surface area contributed by atoms with Crippen LogP contribution in [-0.2, 0) is 0 Å². The Morgan fingerprint density at radius 3 is 2.29 bits per heavy atom. The van der Waals surface area contributed by atoms with Crippen LogP contribution in [0.5, 0.6) is 5.75 Å². The van der Waals surface area contributed by atoms with E-state index in [2.05, 4.69) is 0 Å². The Labute approximate surface area is 98.0 Å². The smallest absolute Gasteiger partial charge is 0.170 e. The first-order valence-electron chi connectivity index (χ1n) is 5.11. The quantitative estimate of drug-likeness (QED) is 0.681. The average Bonchev–Trinajstić information content (AvgIpc) is 2.38. The van der Waals surface area contributed by atoms with Crippen LogP contribution < -0.4 is 0 Å². The fourth-order valence-electron chi connectivity index (χ4n) is 1.81. The number of hydrogen-bond acceptors (Lipinski definition) is 4. The van der Waals surface area contributed by atoms with Crippen molar-refractivity contribution >= 4 is 10.8 Å². The topological polar surface area (TPSA) is 84.5 Å². The first kappa shape index (κ1) is 11.4. The molecule has 0 radical (unpaired) electrons. The Kier molecular flexibility index (Phi) is 2.96. The van der Waals surface area contributed by atoms with Gasteiger partial charge in [0.05, 0.1) is 6.07 Å². The highest BCUT2D eigenvalue weighted by atomic mass is 16.3. The van der Waals surface area contributed by atoms with E-state index in [0.29, 0.717) is 16.3 Å². The molecule has 4 heteroatoms. The zero-order chi connectivity index (χ0) is 12.4. The highest BCUT2D eigenvalue weighted by molar-refractivity contribution is 5.91. The average molecular weight is 229 g/mol. The van der Waals surface area contributed by atoms with Gasteiger partial charge in [0.15, 0.2) is 6.10 Å². The van der Waals surface area contributed by atoms with Gasteiger partial charge >= 0.3 is 0 Å². The van der Waals surface area contributed by atoms with Crippen molar-refractivity contribution in [1.29, 1.82) is 5.26 Å². The monoisotopic (exact) mass is 229 g/mol. The van der Waals surface area contributed by atoms with E-state index in [1.807, 2.05) is 0 Å². The van der Waals surface area contributed by atoms with E-state index >= 15 is 0 Å². The van der Waals surface area contributed by atoms with E-state index in [-0.39, 0.29) is 5.75 Å². The Morgan fingerprint density at radius 1 is 1.00 bits per heavy atom. The summed E-state index contributed by atoms with van der Waals surface area (Å²) in [5, 5.41) is 38.6. The third-order valence-electron chi connectivity index (χ3n) is 2.68. The molecule has 0 aliphatic heterocycles. The molecule has 4 nitrogen and oxygen atoms in total. The lowest BCUT2D eigenvalue weighted by Gasteiger charge is -2.15. The third-order valence-corrected chi connectivity index (χ3v) is 2.68. The van der Waals surface area contributed by atoms with Gasteiger partial charge in [0.1, 0.15) is 11.9 Å². The van der Waals surface area contributed by atoms with Crippen molar-refractivity contribution in [3.8, 4) is 11.8 Å². The number of fused-ring (bicyclic) bond motifs is 1. The molecule has 0 amide bonds. The molecule has 2 atom stereocenters. The molecule has 0 bridgehead atoms. The van der Waals surface area contributed by atoms with Gasteiger partial charge in [0.25, 0.3) is 0 Å². The zero-order valence-corrected chi connectivity index (χ0v) is 8.91. The van der Waals surface area contributed by atoms with Crippen molar-refractivity contribution in [2.24, 2.45) is 0 Å². The van der Waals surface area contributed by atoms with Crippen LogP contribution in [0, 0.1) is 11.3 Å². The van der Waals surface area contributed by atoms with Crippen molar-refractivity contribution < 1.29 is 15.3 Å². The number of aliphatic hydroxyl groups excluding tert-OH is 2. The van der Waals surface area contributed by atoms with E-state index in [0.717, 1.165) is 0 Å². The van der Waals surface area contributed by atoms with Gasteiger partial charge in [-0.3, -0.25) is 0 Å². The van der Waals surface area contributed by atoms with Gasteiger partial charge in [0, 0.05) is 5.39 Å². The molecule has 2 unspecified atom stereocenters. The SMILES string of the molecule is N#CC(O)C(O)c1ccc(O)c2ccccc12. The lowest BCUT2D eigenvalue weighted by Crippen LogP contribution is -2.15. The van der Waals surface area contributed by atoms with Gasteiger partial charge in [0.2, 0.25) is 0 Å². The molecule has 3 N–H and O–H groups in total. The molecule has 0 aliphatic rings. The largest absolute Gasteiger partial charge is 0.507 e. The Hall–Kier alpha value is -2.09. The molecule has 0 spiro atoms. The van der Waals surface area contributed by atoms with Gasteiger partial charge in [-0.25, -0.2) is 0 Å². The van der Waals surface area contributed by atoms with Crippen molar-refractivity contribution in [3.05, 3.63) is 42.0 Å². The van der Waals surface area contributed by atoms with Crippen LogP contribution in [0.3, 0.4) is 0 Å². The van der Waals surface area contributed by atoms with E-state index < -0.39 is 12.2 Å². The Bertz CT molecular complexity index is 589. The number of benzene rings is 2. The minimum atomic E-state index is -1.48. The predicted octanol–water partition coefficient (Wildman–Crippen LogP) is 1.46.